The van der Waals surface area contributed by atoms with E-state index in [9.17, 15) is 5.11 Å². The largest absolute Gasteiger partial charge is 0.396 e. The number of aliphatic hydroxyl groups is 1. The van der Waals surface area contributed by atoms with E-state index >= 15 is 0 Å². The van der Waals surface area contributed by atoms with Gasteiger partial charge in [0.2, 0.25) is 0 Å². The zero-order valence-corrected chi connectivity index (χ0v) is 13.2. The Morgan fingerprint density at radius 2 is 0.864 bits per heavy atom. The van der Waals surface area contributed by atoms with Crippen molar-refractivity contribution in [3.63, 3.8) is 0 Å². The molecule has 0 saturated heterocycles. The highest BCUT2D eigenvalue weighted by Gasteiger charge is 2.29. The Labute approximate surface area is 133 Å². The molecule has 0 spiro atoms. The van der Waals surface area contributed by atoms with E-state index in [0.29, 0.717) is 0 Å². The Hall–Kier alpha value is -2.03. The normalized spacial score (nSPS) is 12.0. The quantitative estimate of drug-likeness (QED) is 0.706. The molecule has 0 aliphatic rings. The fraction of sp³-hybridized carbons (Fsp3) is 0.100. The van der Waals surface area contributed by atoms with Crippen LogP contribution in [0.5, 0.6) is 0 Å². The summed E-state index contributed by atoms with van der Waals surface area (Å²) in [6.07, 6.45) is 0. The first-order valence-electron chi connectivity index (χ1n) is 7.45. The molecule has 22 heavy (non-hydrogen) atoms. The average Bonchev–Trinajstić information content (AvgIpc) is 2.62. The van der Waals surface area contributed by atoms with Gasteiger partial charge in [0, 0.05) is 5.75 Å². The van der Waals surface area contributed by atoms with Gasteiger partial charge >= 0.3 is 0 Å². The molecule has 112 valence electrons. The Morgan fingerprint density at radius 1 is 0.545 bits per heavy atom. The number of rotatable bonds is 5. The lowest BCUT2D eigenvalue weighted by molar-refractivity contribution is 0.321. The van der Waals surface area contributed by atoms with Crippen molar-refractivity contribution in [3.8, 4) is 0 Å². The molecular formula is C20H20OS. The van der Waals surface area contributed by atoms with E-state index in [1.807, 2.05) is 18.2 Å². The molecule has 0 aliphatic carbocycles. The molecule has 1 N–H and O–H groups in total. The fourth-order valence-corrected chi connectivity index (χ4v) is 6.52. The van der Waals surface area contributed by atoms with Gasteiger partial charge in [-0.3, -0.25) is 0 Å². The minimum atomic E-state index is -1.43. The highest BCUT2D eigenvalue weighted by Crippen LogP contribution is 2.67. The Morgan fingerprint density at radius 3 is 1.14 bits per heavy atom. The summed E-state index contributed by atoms with van der Waals surface area (Å²) in [4.78, 5) is 3.88. The van der Waals surface area contributed by atoms with E-state index < -0.39 is 10.0 Å². The summed E-state index contributed by atoms with van der Waals surface area (Å²) in [5.74, 6) is 0.741. The highest BCUT2D eigenvalue weighted by atomic mass is 32.3. The van der Waals surface area contributed by atoms with Crippen LogP contribution in [0.2, 0.25) is 0 Å². The van der Waals surface area contributed by atoms with E-state index in [2.05, 4.69) is 72.8 Å². The summed E-state index contributed by atoms with van der Waals surface area (Å²) < 4.78 is 0. The van der Waals surface area contributed by atoms with E-state index in [0.717, 1.165) is 5.75 Å². The summed E-state index contributed by atoms with van der Waals surface area (Å²) in [6, 6.07) is 31.7. The number of aliphatic hydroxyl groups excluding tert-OH is 1. The fourth-order valence-electron chi connectivity index (χ4n) is 2.86. The van der Waals surface area contributed by atoms with E-state index in [4.69, 9.17) is 0 Å². The van der Waals surface area contributed by atoms with Crippen LogP contribution in [0, 0.1) is 0 Å². The van der Waals surface area contributed by atoms with Gasteiger partial charge in [-0.2, -0.15) is 10.0 Å². The third-order valence-corrected chi connectivity index (χ3v) is 7.86. The van der Waals surface area contributed by atoms with Gasteiger partial charge in [-0.25, -0.2) is 0 Å². The topological polar surface area (TPSA) is 20.2 Å². The van der Waals surface area contributed by atoms with Crippen molar-refractivity contribution in [2.24, 2.45) is 0 Å². The third-order valence-electron chi connectivity index (χ3n) is 3.83. The van der Waals surface area contributed by atoms with Crippen LogP contribution in [0.25, 0.3) is 0 Å². The van der Waals surface area contributed by atoms with Crippen LogP contribution in [-0.2, 0) is 0 Å². The van der Waals surface area contributed by atoms with Crippen LogP contribution in [0.15, 0.2) is 106 Å². The van der Waals surface area contributed by atoms with Crippen LogP contribution < -0.4 is 0 Å². The first-order valence-corrected chi connectivity index (χ1v) is 9.25. The standard InChI is InChI=1S/C20H20OS/c21-16-17-22(18-10-4-1-5-11-18,19-12-6-2-7-13-19)20-14-8-3-9-15-20/h1-15,21H,16-17H2. The minimum Gasteiger partial charge on any atom is -0.396 e. The van der Waals surface area contributed by atoms with Gasteiger partial charge in [-0.15, -0.1) is 0 Å². The lowest BCUT2D eigenvalue weighted by Crippen LogP contribution is -2.11. The first-order chi connectivity index (χ1) is 10.9. The lowest BCUT2D eigenvalue weighted by atomic mass is 10.4. The highest BCUT2D eigenvalue weighted by molar-refractivity contribution is 8.33. The van der Waals surface area contributed by atoms with Gasteiger partial charge < -0.3 is 5.11 Å². The van der Waals surface area contributed by atoms with Crippen LogP contribution >= 0.6 is 10.0 Å². The Balaban J connectivity index is 2.29. The molecule has 0 saturated carbocycles. The SMILES string of the molecule is OCCS(c1ccccc1)(c1ccccc1)c1ccccc1. The van der Waals surface area contributed by atoms with Crippen molar-refractivity contribution in [2.45, 2.75) is 14.7 Å². The summed E-state index contributed by atoms with van der Waals surface area (Å²) in [5.41, 5.74) is 0. The molecule has 0 bridgehead atoms. The molecule has 0 unspecified atom stereocenters. The van der Waals surface area contributed by atoms with Crippen molar-refractivity contribution in [1.29, 1.82) is 0 Å². The second kappa shape index (κ2) is 6.82. The number of benzene rings is 3. The second-order valence-corrected chi connectivity index (χ2v) is 8.41. The monoisotopic (exact) mass is 308 g/mol. The van der Waals surface area contributed by atoms with Crippen molar-refractivity contribution in [1.82, 2.24) is 0 Å². The van der Waals surface area contributed by atoms with Gasteiger partial charge in [0.1, 0.15) is 0 Å². The van der Waals surface area contributed by atoms with Gasteiger partial charge in [-0.1, -0.05) is 54.6 Å². The molecule has 3 aromatic rings. The molecule has 0 heterocycles. The van der Waals surface area contributed by atoms with Crippen LogP contribution in [-0.4, -0.2) is 17.5 Å². The molecule has 3 aromatic carbocycles. The van der Waals surface area contributed by atoms with Crippen LogP contribution in [0.3, 0.4) is 0 Å². The Kier molecular flexibility index (Phi) is 4.62. The van der Waals surface area contributed by atoms with Crippen LogP contribution in [0.4, 0.5) is 0 Å². The molecule has 0 amide bonds. The second-order valence-electron chi connectivity index (χ2n) is 5.11. The lowest BCUT2D eigenvalue weighted by Gasteiger charge is -2.41. The first kappa shape index (κ1) is 14.9. The van der Waals surface area contributed by atoms with Gasteiger partial charge in [0.15, 0.2) is 0 Å². The van der Waals surface area contributed by atoms with E-state index in [1.165, 1.54) is 14.7 Å². The van der Waals surface area contributed by atoms with E-state index in [-0.39, 0.29) is 6.61 Å². The zero-order chi connectivity index (χ0) is 15.3. The molecule has 3 rings (SSSR count). The van der Waals surface area contributed by atoms with Crippen molar-refractivity contribution in [3.05, 3.63) is 91.0 Å². The maximum atomic E-state index is 9.81. The zero-order valence-electron chi connectivity index (χ0n) is 12.4. The summed E-state index contributed by atoms with van der Waals surface area (Å²) in [5, 5.41) is 9.81. The maximum Gasteiger partial charge on any atom is 0.0516 e. The molecule has 0 radical (unpaired) electrons. The number of hydrogen-bond acceptors (Lipinski definition) is 1. The molecule has 2 heteroatoms. The average molecular weight is 308 g/mol. The predicted octanol–water partition coefficient (Wildman–Crippen LogP) is 4.96. The summed E-state index contributed by atoms with van der Waals surface area (Å²) in [7, 11) is -1.43. The smallest absolute Gasteiger partial charge is 0.0516 e. The van der Waals surface area contributed by atoms with E-state index in [1.54, 1.807) is 0 Å². The minimum absolute atomic E-state index is 0.175. The van der Waals surface area contributed by atoms with Crippen molar-refractivity contribution >= 4 is 10.0 Å². The molecule has 0 aliphatic heterocycles. The molecule has 1 nitrogen and oxygen atoms in total. The third kappa shape index (κ3) is 2.68. The molecule has 0 fully saturated rings. The summed E-state index contributed by atoms with van der Waals surface area (Å²) >= 11 is 0. The van der Waals surface area contributed by atoms with Gasteiger partial charge in [-0.05, 0) is 51.1 Å². The van der Waals surface area contributed by atoms with Crippen molar-refractivity contribution < 1.29 is 5.11 Å². The molecule has 0 aromatic heterocycles. The van der Waals surface area contributed by atoms with Crippen molar-refractivity contribution in [2.75, 3.05) is 12.4 Å². The van der Waals surface area contributed by atoms with Gasteiger partial charge in [0.25, 0.3) is 0 Å². The number of hydrogen-bond donors (Lipinski definition) is 1. The van der Waals surface area contributed by atoms with Gasteiger partial charge in [0.05, 0.1) is 6.61 Å². The molecule has 0 atom stereocenters. The Bertz CT molecular complexity index is 599. The predicted molar refractivity (Wildman–Crippen MR) is 93.7 cm³/mol. The maximum absolute atomic E-state index is 9.81. The summed E-state index contributed by atoms with van der Waals surface area (Å²) in [6.45, 7) is 0.175. The van der Waals surface area contributed by atoms with Crippen LogP contribution in [0.1, 0.15) is 0 Å². The molecular weight excluding hydrogens is 288 g/mol.